The topological polar surface area (TPSA) is 57.7 Å². The fourth-order valence-corrected chi connectivity index (χ4v) is 3.62. The van der Waals surface area contributed by atoms with Crippen molar-refractivity contribution in [2.24, 2.45) is 5.92 Å². The van der Waals surface area contributed by atoms with E-state index in [1.165, 1.54) is 5.56 Å². The van der Waals surface area contributed by atoms with E-state index in [0.717, 1.165) is 50.7 Å². The van der Waals surface area contributed by atoms with E-state index in [4.69, 9.17) is 4.74 Å². The zero-order valence-corrected chi connectivity index (χ0v) is 15.7. The summed E-state index contributed by atoms with van der Waals surface area (Å²) < 4.78 is 5.85. The highest BCUT2D eigenvalue weighted by Gasteiger charge is 2.22. The second-order valence-electron chi connectivity index (χ2n) is 7.40. The molecule has 6 nitrogen and oxygen atoms in total. The van der Waals surface area contributed by atoms with Gasteiger partial charge in [-0.25, -0.2) is 4.98 Å². The highest BCUT2D eigenvalue weighted by molar-refractivity contribution is 5.94. The highest BCUT2D eigenvalue weighted by Crippen LogP contribution is 2.26. The second-order valence-corrected chi connectivity index (χ2v) is 7.40. The molecule has 1 aromatic carbocycles. The Morgan fingerprint density at radius 3 is 2.89 bits per heavy atom. The fraction of sp³-hybridized carbons (Fsp3) is 0.429. The second kappa shape index (κ2) is 7.96. The van der Waals surface area contributed by atoms with Gasteiger partial charge in [-0.3, -0.25) is 4.79 Å². The third-order valence-corrected chi connectivity index (χ3v) is 5.32. The van der Waals surface area contributed by atoms with E-state index >= 15 is 0 Å². The first kappa shape index (κ1) is 17.8. The molecule has 142 valence electrons. The molecule has 0 bridgehead atoms. The maximum Gasteiger partial charge on any atom is 0.254 e. The van der Waals surface area contributed by atoms with Crippen molar-refractivity contribution in [3.05, 3.63) is 53.7 Å². The molecule has 1 fully saturated rings. The summed E-state index contributed by atoms with van der Waals surface area (Å²) in [5.74, 6) is 2.21. The van der Waals surface area contributed by atoms with Gasteiger partial charge in [0.25, 0.3) is 5.91 Å². The molecule has 27 heavy (non-hydrogen) atoms. The lowest BCUT2D eigenvalue weighted by Gasteiger charge is -2.32. The number of fused-ring (bicyclic) bond motifs is 1. The molecule has 1 amide bonds. The zero-order chi connectivity index (χ0) is 18.6. The molecule has 1 atom stereocenters. The van der Waals surface area contributed by atoms with Gasteiger partial charge < -0.3 is 19.9 Å². The molecule has 2 aliphatic rings. The van der Waals surface area contributed by atoms with Crippen LogP contribution in [0.2, 0.25) is 0 Å². The van der Waals surface area contributed by atoms with Crippen LogP contribution >= 0.6 is 0 Å². The van der Waals surface area contributed by atoms with Crippen molar-refractivity contribution in [3.63, 3.8) is 0 Å². The molecule has 4 rings (SSSR count). The molecule has 3 heterocycles. The van der Waals surface area contributed by atoms with Crippen LogP contribution in [0.5, 0.6) is 5.75 Å². The minimum absolute atomic E-state index is 0.0866. The number of anilines is 1. The average molecular weight is 366 g/mol. The van der Waals surface area contributed by atoms with Gasteiger partial charge in [-0.2, -0.15) is 0 Å². The van der Waals surface area contributed by atoms with Crippen molar-refractivity contribution in [1.29, 1.82) is 0 Å². The largest absolute Gasteiger partial charge is 0.493 e. The van der Waals surface area contributed by atoms with Gasteiger partial charge in [0.2, 0.25) is 0 Å². The summed E-state index contributed by atoms with van der Waals surface area (Å²) in [6.07, 6.45) is 2.70. The van der Waals surface area contributed by atoms with Gasteiger partial charge in [-0.05, 0) is 37.2 Å². The molecule has 0 radical (unpaired) electrons. The van der Waals surface area contributed by atoms with Gasteiger partial charge >= 0.3 is 0 Å². The number of nitrogens with one attached hydrogen (secondary N) is 1. The maximum absolute atomic E-state index is 12.7. The summed E-state index contributed by atoms with van der Waals surface area (Å²) >= 11 is 0. The quantitative estimate of drug-likeness (QED) is 0.898. The number of carbonyl (C=O) groups excluding carboxylic acids is 1. The van der Waals surface area contributed by atoms with Crippen LogP contribution in [0.4, 0.5) is 5.82 Å². The summed E-state index contributed by atoms with van der Waals surface area (Å²) in [6.45, 7) is 4.87. The third-order valence-electron chi connectivity index (χ3n) is 5.32. The molecule has 0 spiro atoms. The average Bonchev–Trinajstić information content (AvgIpc) is 2.72. The molecular formula is C21H26N4O2. The molecule has 0 aliphatic carbocycles. The molecular weight excluding hydrogens is 340 g/mol. The Morgan fingerprint density at radius 1 is 1.22 bits per heavy atom. The molecule has 6 heteroatoms. The Kier molecular flexibility index (Phi) is 5.25. The van der Waals surface area contributed by atoms with Crippen LogP contribution in [-0.2, 0) is 6.42 Å². The van der Waals surface area contributed by atoms with Gasteiger partial charge in [0.05, 0.1) is 6.61 Å². The number of benzene rings is 1. The minimum Gasteiger partial charge on any atom is -0.493 e. The van der Waals surface area contributed by atoms with Crippen molar-refractivity contribution < 1.29 is 9.53 Å². The SMILES string of the molecule is CN1CCN(C(=O)c2ccnc(NCC3COc4ccccc4C3)c2)CC1. The normalized spacial score (nSPS) is 19.9. The van der Waals surface area contributed by atoms with E-state index in [0.29, 0.717) is 18.1 Å². The highest BCUT2D eigenvalue weighted by atomic mass is 16.5. The van der Waals surface area contributed by atoms with Gasteiger partial charge in [0, 0.05) is 50.4 Å². The van der Waals surface area contributed by atoms with Gasteiger partial charge in [0.15, 0.2) is 0 Å². The van der Waals surface area contributed by atoms with Crippen molar-refractivity contribution in [1.82, 2.24) is 14.8 Å². The number of amides is 1. The minimum atomic E-state index is 0.0866. The molecule has 1 aromatic heterocycles. The van der Waals surface area contributed by atoms with Crippen LogP contribution in [0.3, 0.4) is 0 Å². The Morgan fingerprint density at radius 2 is 2.04 bits per heavy atom. The summed E-state index contributed by atoms with van der Waals surface area (Å²) in [5.41, 5.74) is 1.95. The lowest BCUT2D eigenvalue weighted by atomic mass is 9.97. The van der Waals surface area contributed by atoms with E-state index in [-0.39, 0.29) is 5.91 Å². The number of ether oxygens (including phenoxy) is 1. The van der Waals surface area contributed by atoms with Crippen molar-refractivity contribution in [2.75, 3.05) is 51.7 Å². The number of hydrogen-bond acceptors (Lipinski definition) is 5. The molecule has 1 unspecified atom stereocenters. The van der Waals surface area contributed by atoms with E-state index in [9.17, 15) is 4.79 Å². The van der Waals surface area contributed by atoms with Crippen LogP contribution in [0.1, 0.15) is 15.9 Å². The van der Waals surface area contributed by atoms with Gasteiger partial charge in [-0.1, -0.05) is 18.2 Å². The first-order valence-electron chi connectivity index (χ1n) is 9.57. The smallest absolute Gasteiger partial charge is 0.254 e. The van der Waals surface area contributed by atoms with Crippen LogP contribution in [0, 0.1) is 5.92 Å². The number of para-hydroxylation sites is 1. The third kappa shape index (κ3) is 4.22. The van der Waals surface area contributed by atoms with Crippen molar-refractivity contribution in [2.45, 2.75) is 6.42 Å². The van der Waals surface area contributed by atoms with E-state index in [1.807, 2.05) is 29.2 Å². The van der Waals surface area contributed by atoms with E-state index in [1.54, 1.807) is 12.3 Å². The maximum atomic E-state index is 12.7. The van der Waals surface area contributed by atoms with Crippen molar-refractivity contribution in [3.8, 4) is 5.75 Å². The summed E-state index contributed by atoms with van der Waals surface area (Å²) in [6, 6.07) is 11.9. The number of aromatic nitrogens is 1. The van der Waals surface area contributed by atoms with Crippen LogP contribution in [0.15, 0.2) is 42.6 Å². The van der Waals surface area contributed by atoms with E-state index < -0.39 is 0 Å². The first-order valence-corrected chi connectivity index (χ1v) is 9.57. The number of nitrogens with zero attached hydrogens (tertiary/aromatic N) is 3. The van der Waals surface area contributed by atoms with Crippen LogP contribution in [0.25, 0.3) is 0 Å². The molecule has 0 saturated carbocycles. The Hall–Kier alpha value is -2.60. The van der Waals surface area contributed by atoms with Gasteiger partial charge in [0.1, 0.15) is 11.6 Å². The number of likely N-dealkylation sites (N-methyl/N-ethyl adjacent to an activating group) is 1. The predicted molar refractivity (Wildman–Crippen MR) is 105 cm³/mol. The number of carbonyl (C=O) groups is 1. The molecule has 1 N–H and O–H groups in total. The van der Waals surface area contributed by atoms with Crippen LogP contribution < -0.4 is 10.1 Å². The van der Waals surface area contributed by atoms with Gasteiger partial charge in [-0.15, -0.1) is 0 Å². The summed E-state index contributed by atoms with van der Waals surface area (Å²) in [5, 5.41) is 3.38. The monoisotopic (exact) mass is 366 g/mol. The summed E-state index contributed by atoms with van der Waals surface area (Å²) in [4.78, 5) is 21.3. The Bertz CT molecular complexity index is 802. The molecule has 1 saturated heterocycles. The predicted octanol–water partition coefficient (Wildman–Crippen LogP) is 2.13. The zero-order valence-electron chi connectivity index (χ0n) is 15.7. The molecule has 2 aromatic rings. The van der Waals surface area contributed by atoms with Crippen molar-refractivity contribution >= 4 is 11.7 Å². The number of rotatable bonds is 4. The Labute approximate surface area is 160 Å². The first-order chi connectivity index (χ1) is 13.2. The summed E-state index contributed by atoms with van der Waals surface area (Å²) in [7, 11) is 2.09. The van der Waals surface area contributed by atoms with E-state index in [2.05, 4.69) is 28.3 Å². The fourth-order valence-electron chi connectivity index (χ4n) is 3.62. The molecule has 2 aliphatic heterocycles. The lowest BCUT2D eigenvalue weighted by Crippen LogP contribution is -2.47. The Balaban J connectivity index is 1.35. The lowest BCUT2D eigenvalue weighted by molar-refractivity contribution is 0.0664. The number of pyridine rings is 1. The number of hydrogen-bond donors (Lipinski definition) is 1. The number of piperazine rings is 1. The van der Waals surface area contributed by atoms with Crippen LogP contribution in [-0.4, -0.2) is 67.1 Å². The standard InChI is InChI=1S/C21H26N4O2/c1-24-8-10-25(11-9-24)21(26)18-6-7-22-20(13-18)23-14-16-12-17-4-2-3-5-19(17)27-15-16/h2-7,13,16H,8-12,14-15H2,1H3,(H,22,23).